The Morgan fingerprint density at radius 2 is 1.33 bits per heavy atom. The topological polar surface area (TPSA) is 0 Å². The van der Waals surface area contributed by atoms with Crippen LogP contribution in [0.25, 0.3) is 19.5 Å². The maximum atomic E-state index is 3.58. The van der Waals surface area contributed by atoms with Crippen molar-refractivity contribution in [3.63, 3.8) is 0 Å². The monoisotopic (exact) mass is 460 g/mol. The first-order valence-electron chi connectivity index (χ1n) is 6.50. The molecular formula is C16H14Br2S3. The van der Waals surface area contributed by atoms with E-state index >= 15 is 0 Å². The lowest BCUT2D eigenvalue weighted by Gasteiger charge is -2.18. The van der Waals surface area contributed by atoms with Gasteiger partial charge < -0.3 is 0 Å². The van der Waals surface area contributed by atoms with Crippen molar-refractivity contribution >= 4 is 65.9 Å². The highest BCUT2D eigenvalue weighted by Gasteiger charge is 2.23. The zero-order chi connectivity index (χ0) is 15.2. The molecule has 0 radical (unpaired) electrons. The molecule has 5 heteroatoms. The molecule has 0 nitrogen and oxygen atoms in total. The highest BCUT2D eigenvalue weighted by molar-refractivity contribution is 9.11. The lowest BCUT2D eigenvalue weighted by molar-refractivity contribution is 0.594. The summed E-state index contributed by atoms with van der Waals surface area (Å²) in [5.74, 6) is 0. The third kappa shape index (κ3) is 3.37. The number of thiophene rings is 3. The van der Waals surface area contributed by atoms with Gasteiger partial charge in [0.2, 0.25) is 0 Å². The highest BCUT2D eigenvalue weighted by atomic mass is 79.9. The van der Waals surface area contributed by atoms with Gasteiger partial charge in [-0.25, -0.2) is 0 Å². The maximum absolute atomic E-state index is 3.58. The predicted molar refractivity (Wildman–Crippen MR) is 105 cm³/mol. The predicted octanol–water partition coefficient (Wildman–Crippen LogP) is 8.03. The van der Waals surface area contributed by atoms with E-state index in [-0.39, 0.29) is 5.41 Å². The van der Waals surface area contributed by atoms with E-state index < -0.39 is 0 Å². The van der Waals surface area contributed by atoms with Crippen molar-refractivity contribution < 1.29 is 0 Å². The Morgan fingerprint density at radius 1 is 0.762 bits per heavy atom. The Balaban J connectivity index is 2.16. The Bertz CT molecular complexity index is 772. The van der Waals surface area contributed by atoms with Crippen LogP contribution in [0.15, 0.2) is 37.9 Å². The summed E-state index contributed by atoms with van der Waals surface area (Å²) in [6.45, 7) is 6.86. The summed E-state index contributed by atoms with van der Waals surface area (Å²) < 4.78 is 2.37. The molecule has 0 saturated heterocycles. The van der Waals surface area contributed by atoms with Crippen LogP contribution in [0.2, 0.25) is 0 Å². The van der Waals surface area contributed by atoms with E-state index in [9.17, 15) is 0 Å². The lowest BCUT2D eigenvalue weighted by Crippen LogP contribution is -2.10. The van der Waals surface area contributed by atoms with Crippen LogP contribution in [-0.2, 0) is 5.41 Å². The van der Waals surface area contributed by atoms with Crippen LogP contribution in [0.1, 0.15) is 26.3 Å². The molecule has 0 saturated carbocycles. The van der Waals surface area contributed by atoms with Gasteiger partial charge in [-0.1, -0.05) is 20.8 Å². The minimum absolute atomic E-state index is 0.148. The first kappa shape index (κ1) is 15.9. The van der Waals surface area contributed by atoms with Gasteiger partial charge in [-0.3, -0.25) is 0 Å². The number of hydrogen-bond acceptors (Lipinski definition) is 3. The van der Waals surface area contributed by atoms with E-state index in [0.717, 1.165) is 0 Å². The van der Waals surface area contributed by atoms with Gasteiger partial charge in [-0.05, 0) is 73.2 Å². The van der Waals surface area contributed by atoms with Gasteiger partial charge in [-0.15, -0.1) is 34.0 Å². The fraction of sp³-hybridized carbons (Fsp3) is 0.250. The third-order valence-electron chi connectivity index (χ3n) is 3.15. The minimum atomic E-state index is 0.148. The van der Waals surface area contributed by atoms with E-state index in [1.54, 1.807) is 22.7 Å². The van der Waals surface area contributed by atoms with Gasteiger partial charge in [0, 0.05) is 19.5 Å². The van der Waals surface area contributed by atoms with Crippen LogP contribution in [-0.4, -0.2) is 0 Å². The van der Waals surface area contributed by atoms with Crippen molar-refractivity contribution in [1.29, 1.82) is 0 Å². The van der Waals surface area contributed by atoms with Gasteiger partial charge >= 0.3 is 0 Å². The molecule has 0 aliphatic heterocycles. The van der Waals surface area contributed by atoms with Crippen molar-refractivity contribution in [2.75, 3.05) is 0 Å². The summed E-state index contributed by atoms with van der Waals surface area (Å²) >= 11 is 12.6. The van der Waals surface area contributed by atoms with E-state index in [0.29, 0.717) is 0 Å². The molecule has 110 valence electrons. The molecule has 21 heavy (non-hydrogen) atoms. The van der Waals surface area contributed by atoms with Gasteiger partial charge in [-0.2, -0.15) is 0 Å². The highest BCUT2D eigenvalue weighted by Crippen LogP contribution is 2.47. The fourth-order valence-corrected chi connectivity index (χ4v) is 6.48. The summed E-state index contributed by atoms with van der Waals surface area (Å²) in [6.07, 6.45) is 0. The minimum Gasteiger partial charge on any atom is -0.133 e. The molecule has 0 bridgehead atoms. The first-order valence-corrected chi connectivity index (χ1v) is 10.5. The number of rotatable bonds is 2. The molecule has 0 aliphatic carbocycles. The van der Waals surface area contributed by atoms with Gasteiger partial charge in [0.15, 0.2) is 0 Å². The lowest BCUT2D eigenvalue weighted by atomic mass is 9.87. The molecule has 0 amide bonds. The Hall–Kier alpha value is 0.0600. The molecule has 3 aromatic heterocycles. The van der Waals surface area contributed by atoms with E-state index in [1.807, 2.05) is 11.3 Å². The molecule has 3 aromatic rings. The summed E-state index contributed by atoms with van der Waals surface area (Å²) in [6, 6.07) is 11.0. The molecular weight excluding hydrogens is 448 g/mol. The maximum Gasteiger partial charge on any atom is 0.0705 e. The molecule has 0 N–H and O–H groups in total. The smallest absolute Gasteiger partial charge is 0.0705 e. The van der Waals surface area contributed by atoms with Crippen LogP contribution >= 0.6 is 65.9 Å². The van der Waals surface area contributed by atoms with Crippen LogP contribution in [0.4, 0.5) is 0 Å². The second-order valence-electron chi connectivity index (χ2n) is 5.81. The van der Waals surface area contributed by atoms with Crippen molar-refractivity contribution in [2.24, 2.45) is 0 Å². The average Bonchev–Trinajstić information content (AvgIpc) is 3.05. The molecule has 0 fully saturated rings. The van der Waals surface area contributed by atoms with Crippen LogP contribution in [0.3, 0.4) is 0 Å². The normalized spacial score (nSPS) is 12.0. The molecule has 0 atom stereocenters. The van der Waals surface area contributed by atoms with Crippen molar-refractivity contribution in [1.82, 2.24) is 0 Å². The molecule has 0 aromatic carbocycles. The zero-order valence-electron chi connectivity index (χ0n) is 11.9. The largest absolute Gasteiger partial charge is 0.133 e. The Labute approximate surface area is 154 Å². The van der Waals surface area contributed by atoms with Crippen molar-refractivity contribution in [2.45, 2.75) is 26.2 Å². The van der Waals surface area contributed by atoms with Crippen LogP contribution < -0.4 is 0 Å². The molecule has 3 rings (SSSR count). The fourth-order valence-electron chi connectivity index (χ4n) is 2.14. The summed E-state index contributed by atoms with van der Waals surface area (Å²) in [7, 11) is 0. The van der Waals surface area contributed by atoms with Crippen molar-refractivity contribution in [3.8, 4) is 19.5 Å². The third-order valence-corrected chi connectivity index (χ3v) is 7.91. The first-order chi connectivity index (χ1) is 9.84. The van der Waals surface area contributed by atoms with Crippen LogP contribution in [0, 0.1) is 0 Å². The Kier molecular flexibility index (Phi) is 4.50. The molecule has 0 aliphatic rings. The zero-order valence-corrected chi connectivity index (χ0v) is 17.5. The van der Waals surface area contributed by atoms with Gasteiger partial charge in [0.05, 0.1) is 7.57 Å². The quantitative estimate of drug-likeness (QED) is 0.362. The standard InChI is InChI=1S/C16H14Br2S3/c1-16(2,3)9-8-12(10-4-6-13(17)19-10)21-15(9)11-5-7-14(18)20-11/h4-8H,1-3H3. The SMILES string of the molecule is CC(C)(C)c1cc(-c2ccc(Br)s2)sc1-c1ccc(Br)s1. The average molecular weight is 462 g/mol. The number of halogens is 2. The number of hydrogen-bond donors (Lipinski definition) is 0. The Morgan fingerprint density at radius 3 is 1.81 bits per heavy atom. The molecule has 0 spiro atoms. The molecule has 3 heterocycles. The second-order valence-corrected chi connectivity index (χ2v) is 11.8. The summed E-state index contributed by atoms with van der Waals surface area (Å²) in [4.78, 5) is 5.44. The van der Waals surface area contributed by atoms with E-state index in [2.05, 4.69) is 83.0 Å². The summed E-state index contributed by atoms with van der Waals surface area (Å²) in [5, 5.41) is 0. The van der Waals surface area contributed by atoms with Crippen LogP contribution in [0.5, 0.6) is 0 Å². The van der Waals surface area contributed by atoms with Gasteiger partial charge in [0.1, 0.15) is 0 Å². The van der Waals surface area contributed by atoms with E-state index in [4.69, 9.17) is 0 Å². The van der Waals surface area contributed by atoms with Crippen molar-refractivity contribution in [3.05, 3.63) is 43.5 Å². The van der Waals surface area contributed by atoms with E-state index in [1.165, 1.54) is 32.6 Å². The van der Waals surface area contributed by atoms with Gasteiger partial charge in [0.25, 0.3) is 0 Å². The molecule has 0 unspecified atom stereocenters. The second kappa shape index (κ2) is 5.93. The summed E-state index contributed by atoms with van der Waals surface area (Å²) in [5.41, 5.74) is 1.58.